The highest BCUT2D eigenvalue weighted by molar-refractivity contribution is 8.77. The van der Waals surface area contributed by atoms with Crippen molar-refractivity contribution in [2.45, 2.75) is 98.9 Å². The smallest absolute Gasteiger partial charge is 0.326 e. The molecule has 3 aliphatic rings. The second-order valence-corrected chi connectivity index (χ2v) is 20.2. The van der Waals surface area contributed by atoms with Gasteiger partial charge in [0.25, 0.3) is 0 Å². The number of phenols is 1. The summed E-state index contributed by atoms with van der Waals surface area (Å²) in [5, 5.41) is 36.1. The van der Waals surface area contributed by atoms with Crippen LogP contribution in [0.3, 0.4) is 0 Å². The summed E-state index contributed by atoms with van der Waals surface area (Å²) in [6, 6.07) is 6.72. The molecule has 0 saturated carbocycles. The molecule has 0 aliphatic carbocycles. The number of amides is 7. The lowest BCUT2D eigenvalue weighted by atomic mass is 10.0. The van der Waals surface area contributed by atoms with Crippen LogP contribution in [0.25, 0.3) is 0 Å². The molecule has 23 nitrogen and oxygen atoms in total. The maximum atomic E-state index is 14.9. The number of nitrogens with zero attached hydrogens (tertiary/aromatic N) is 4. The molecule has 0 spiro atoms. The van der Waals surface area contributed by atoms with E-state index in [-0.39, 0.29) is 87.4 Å². The van der Waals surface area contributed by atoms with E-state index >= 15 is 0 Å². The molecule has 1 aromatic heterocycles. The van der Waals surface area contributed by atoms with Crippen molar-refractivity contribution in [2.24, 2.45) is 16.5 Å². The monoisotopic (exact) mass is 1020 g/mol. The van der Waals surface area contributed by atoms with Gasteiger partial charge < -0.3 is 68.4 Å². The molecule has 25 heteroatoms. The van der Waals surface area contributed by atoms with E-state index in [0.29, 0.717) is 29.7 Å². The Morgan fingerprint density at radius 3 is 2.35 bits per heavy atom. The largest absolute Gasteiger partial charge is 0.508 e. The number of carboxylic acids is 1. The highest BCUT2D eigenvalue weighted by atomic mass is 33.1. The third kappa shape index (κ3) is 15.3. The molecule has 2 aromatic carbocycles. The van der Waals surface area contributed by atoms with Crippen LogP contribution < -0.4 is 43.4 Å². The fourth-order valence-corrected chi connectivity index (χ4v) is 11.4. The average Bonchev–Trinajstić information content (AvgIpc) is 4.14. The zero-order valence-corrected chi connectivity index (χ0v) is 40.7. The first kappa shape index (κ1) is 53.5. The standard InChI is InChI=1S/C46H61N13O10S2/c1-49-22-38(61)53-31(9-5-15-51-46(47)48)39(62)57-35-24-70-71-30-20-37(59(23-30)44(67)32(54-40(35)63)17-27-11-13-29(60)14-12-27)42(65)55-33(19-28-21-50-25-52-28)43(66)58-16-6-10-36(58)41(64)56-34(45(68)69)18-26-7-3-2-4-8-26/h2-4,7-8,11-14,21,25,30-37,49,60H,5-6,9-10,15-20,22-24H2,1H3,(H,50,52)(H,53,61)(H,54,63)(H,55,65)(H,56,64)(H,57,62)(H,68,69)(H4,47,48,51)/t30-,31-,32-,33-,34-,35-,36-,37-/m0/s1. The molecule has 0 unspecified atom stereocenters. The van der Waals surface area contributed by atoms with Gasteiger partial charge in [-0.25, -0.2) is 9.78 Å². The maximum Gasteiger partial charge on any atom is 0.326 e. The van der Waals surface area contributed by atoms with Gasteiger partial charge in [0.1, 0.15) is 48.0 Å². The minimum Gasteiger partial charge on any atom is -0.508 e. The van der Waals surface area contributed by atoms with Crippen LogP contribution >= 0.6 is 21.6 Å². The number of carbonyl (C=O) groups is 8. The van der Waals surface area contributed by atoms with Gasteiger partial charge in [0, 0.05) is 61.8 Å². The minimum absolute atomic E-state index is 0.0223. The van der Waals surface area contributed by atoms with Gasteiger partial charge in [-0.3, -0.25) is 38.6 Å². The molecule has 6 rings (SSSR count). The lowest BCUT2D eigenvalue weighted by Crippen LogP contribution is -2.60. The Hall–Kier alpha value is -6.86. The molecule has 4 heterocycles. The number of nitrogens with two attached hydrogens (primary N) is 2. The molecule has 3 saturated heterocycles. The van der Waals surface area contributed by atoms with Crippen molar-refractivity contribution in [1.82, 2.24) is 51.7 Å². The van der Waals surface area contributed by atoms with Crippen LogP contribution in [-0.4, -0.2) is 170 Å². The average molecular weight is 1020 g/mol. The molecule has 2 bridgehead atoms. The molecule has 8 atom stereocenters. The van der Waals surface area contributed by atoms with Crippen molar-refractivity contribution >= 4 is 74.9 Å². The Morgan fingerprint density at radius 2 is 1.66 bits per heavy atom. The van der Waals surface area contributed by atoms with Crippen molar-refractivity contribution in [3.8, 4) is 5.75 Å². The highest BCUT2D eigenvalue weighted by Gasteiger charge is 2.46. The van der Waals surface area contributed by atoms with Crippen LogP contribution in [-0.2, 0) is 57.6 Å². The van der Waals surface area contributed by atoms with E-state index in [2.05, 4.69) is 46.9 Å². The SMILES string of the molecule is CNCC(=O)N[C@@H](CCCN=C(N)N)C(=O)N[C@H]1CSS[C@H]2C[C@@H](C(=O)N[C@@H](Cc3cnc[nH]3)C(=O)N3CCC[C@H]3C(=O)N[C@@H](Cc3ccccc3)C(=O)O)N(C2)C(=O)[C@H](Cc2ccc(O)cc2)NC1=O. The number of guanidine groups is 1. The second-order valence-electron chi connectivity index (χ2n) is 17.5. The normalized spacial score (nSPS) is 21.4. The number of aromatic hydroxyl groups is 1. The van der Waals surface area contributed by atoms with Crippen LogP contribution in [0.2, 0.25) is 0 Å². The van der Waals surface area contributed by atoms with Gasteiger partial charge in [-0.1, -0.05) is 64.1 Å². The van der Waals surface area contributed by atoms with E-state index in [1.54, 1.807) is 49.5 Å². The first-order chi connectivity index (χ1) is 34.1. The number of fused-ring (bicyclic) bond motifs is 2. The number of rotatable bonds is 21. The number of aromatic nitrogens is 2. The Bertz CT molecular complexity index is 2380. The Labute approximate surface area is 417 Å². The number of nitrogens with one attached hydrogen (secondary N) is 7. The van der Waals surface area contributed by atoms with Crippen LogP contribution in [0.15, 0.2) is 72.1 Å². The number of hydrogen-bond acceptors (Lipinski definition) is 14. The van der Waals surface area contributed by atoms with Gasteiger partial charge in [-0.05, 0) is 62.4 Å². The molecule has 3 aliphatic heterocycles. The van der Waals surface area contributed by atoms with E-state index in [9.17, 15) is 48.6 Å². The topological polar surface area (TPSA) is 349 Å². The number of benzene rings is 2. The number of carbonyl (C=O) groups excluding carboxylic acids is 7. The first-order valence-corrected chi connectivity index (χ1v) is 25.6. The highest BCUT2D eigenvalue weighted by Crippen LogP contribution is 2.37. The summed E-state index contributed by atoms with van der Waals surface area (Å²) in [4.78, 5) is 124. The number of imidazole rings is 1. The number of phenolic OH excluding ortho intramolecular Hbond substituents is 1. The van der Waals surface area contributed by atoms with Crippen molar-refractivity contribution in [2.75, 3.05) is 39.0 Å². The van der Waals surface area contributed by atoms with Crippen LogP contribution in [0.4, 0.5) is 0 Å². The van der Waals surface area contributed by atoms with Crippen molar-refractivity contribution in [3.63, 3.8) is 0 Å². The van der Waals surface area contributed by atoms with Gasteiger partial charge in [0.15, 0.2) is 5.96 Å². The molecule has 3 aromatic rings. The third-order valence-corrected chi connectivity index (χ3v) is 15.0. The molecule has 382 valence electrons. The fraction of sp³-hybridized carbons (Fsp3) is 0.478. The van der Waals surface area contributed by atoms with Gasteiger partial charge in [0.2, 0.25) is 41.4 Å². The lowest BCUT2D eigenvalue weighted by molar-refractivity contribution is -0.145. The number of aromatic amines is 1. The molecule has 0 radical (unpaired) electrons. The van der Waals surface area contributed by atoms with Crippen LogP contribution in [0, 0.1) is 0 Å². The van der Waals surface area contributed by atoms with E-state index in [4.69, 9.17) is 11.5 Å². The third-order valence-electron chi connectivity index (χ3n) is 12.2. The summed E-state index contributed by atoms with van der Waals surface area (Å²) in [6.07, 6.45) is 4.13. The molecule has 3 fully saturated rings. The van der Waals surface area contributed by atoms with Crippen LogP contribution in [0.1, 0.15) is 48.9 Å². The summed E-state index contributed by atoms with van der Waals surface area (Å²) < 4.78 is 0. The summed E-state index contributed by atoms with van der Waals surface area (Å²) in [5.74, 6) is -5.65. The number of hydrogen-bond donors (Lipinski definition) is 11. The van der Waals surface area contributed by atoms with E-state index in [1.165, 1.54) is 56.0 Å². The van der Waals surface area contributed by atoms with Gasteiger partial charge in [0.05, 0.1) is 12.9 Å². The van der Waals surface area contributed by atoms with E-state index in [1.807, 2.05) is 0 Å². The number of likely N-dealkylation sites (tertiary alicyclic amines) is 1. The Morgan fingerprint density at radius 1 is 0.930 bits per heavy atom. The predicted octanol–water partition coefficient (Wildman–Crippen LogP) is -1.72. The number of aliphatic carboxylic acids is 1. The van der Waals surface area contributed by atoms with Gasteiger partial charge in [-0.15, -0.1) is 0 Å². The first-order valence-electron chi connectivity index (χ1n) is 23.2. The lowest BCUT2D eigenvalue weighted by Gasteiger charge is -2.32. The molecule has 13 N–H and O–H groups in total. The number of carboxylic acid groups (broad SMARTS) is 1. The fourth-order valence-electron chi connectivity index (χ4n) is 8.64. The molecule has 71 heavy (non-hydrogen) atoms. The minimum atomic E-state index is -1.28. The zero-order chi connectivity index (χ0) is 51.0. The summed E-state index contributed by atoms with van der Waals surface area (Å²) in [6.45, 7) is 0.368. The second kappa shape index (κ2) is 25.8. The maximum absolute atomic E-state index is 14.9. The van der Waals surface area contributed by atoms with Crippen molar-refractivity contribution < 1.29 is 48.6 Å². The Balaban J connectivity index is 1.21. The zero-order valence-electron chi connectivity index (χ0n) is 39.1. The summed E-state index contributed by atoms with van der Waals surface area (Å²) in [7, 11) is 4.16. The number of H-pyrrole nitrogens is 1. The summed E-state index contributed by atoms with van der Waals surface area (Å²) in [5.41, 5.74) is 12.7. The van der Waals surface area contributed by atoms with Crippen LogP contribution in [0.5, 0.6) is 5.75 Å². The molecular formula is C46H61N13O10S2. The van der Waals surface area contributed by atoms with E-state index in [0.717, 1.165) is 0 Å². The molecule has 7 amide bonds. The number of likely N-dealkylation sites (N-methyl/N-ethyl adjacent to an activating group) is 1. The Kier molecular flexibility index (Phi) is 19.5. The summed E-state index contributed by atoms with van der Waals surface area (Å²) >= 11 is 0. The molecular weight excluding hydrogens is 959 g/mol. The van der Waals surface area contributed by atoms with Crippen molar-refractivity contribution in [1.29, 1.82) is 0 Å². The van der Waals surface area contributed by atoms with Gasteiger partial charge >= 0.3 is 5.97 Å². The van der Waals surface area contributed by atoms with Gasteiger partial charge in [-0.2, -0.15) is 0 Å². The predicted molar refractivity (Wildman–Crippen MR) is 264 cm³/mol. The quantitative estimate of drug-likeness (QED) is 0.0245. The number of aliphatic imine (C=N–C) groups is 1. The van der Waals surface area contributed by atoms with E-state index < -0.39 is 89.6 Å². The van der Waals surface area contributed by atoms with Crippen molar-refractivity contribution in [3.05, 3.63) is 83.9 Å².